The Morgan fingerprint density at radius 2 is 2.00 bits per heavy atom. The molecule has 4 nitrogen and oxygen atoms in total. The van der Waals surface area contributed by atoms with Gasteiger partial charge in [0.05, 0.1) is 10.0 Å². The van der Waals surface area contributed by atoms with Gasteiger partial charge in [0.25, 0.3) is 0 Å². The van der Waals surface area contributed by atoms with Crippen LogP contribution in [0.1, 0.15) is 15.9 Å². The molecular weight excluding hydrogens is 353 g/mol. The highest BCUT2D eigenvalue weighted by atomic mass is 79.9. The SMILES string of the molecule is NC(=O)c1ccc(Oc2ncccc2Br)c(C(F)(F)F)c1. The van der Waals surface area contributed by atoms with Crippen LogP contribution >= 0.6 is 15.9 Å². The number of aromatic nitrogens is 1. The van der Waals surface area contributed by atoms with Gasteiger partial charge < -0.3 is 10.5 Å². The van der Waals surface area contributed by atoms with E-state index in [-0.39, 0.29) is 11.4 Å². The van der Waals surface area contributed by atoms with E-state index in [1.165, 1.54) is 6.20 Å². The summed E-state index contributed by atoms with van der Waals surface area (Å²) in [6.07, 6.45) is -3.31. The standard InChI is InChI=1S/C13H8BrF3N2O2/c14-9-2-1-5-19-12(9)21-10-4-3-7(11(18)20)6-8(10)13(15,16)17/h1-6H,(H2,18,20). The number of hydrogen-bond donors (Lipinski definition) is 1. The third kappa shape index (κ3) is 3.52. The second-order valence-corrected chi connectivity index (χ2v) is 4.82. The van der Waals surface area contributed by atoms with E-state index in [0.29, 0.717) is 10.5 Å². The van der Waals surface area contributed by atoms with E-state index >= 15 is 0 Å². The lowest BCUT2D eigenvalue weighted by atomic mass is 10.1. The van der Waals surface area contributed by atoms with Gasteiger partial charge in [-0.3, -0.25) is 4.79 Å². The van der Waals surface area contributed by atoms with Gasteiger partial charge in [-0.05, 0) is 46.3 Å². The number of amides is 1. The molecule has 0 bridgehead atoms. The van der Waals surface area contributed by atoms with Crippen molar-refractivity contribution >= 4 is 21.8 Å². The largest absolute Gasteiger partial charge is 0.437 e. The number of nitrogens with zero attached hydrogens (tertiary/aromatic N) is 1. The Bertz CT molecular complexity index is 689. The molecule has 2 rings (SSSR count). The van der Waals surface area contributed by atoms with Crippen LogP contribution in [0.15, 0.2) is 41.0 Å². The molecule has 0 unspecified atom stereocenters. The fraction of sp³-hybridized carbons (Fsp3) is 0.0769. The maximum atomic E-state index is 13.0. The van der Waals surface area contributed by atoms with E-state index in [1.54, 1.807) is 12.1 Å². The van der Waals surface area contributed by atoms with Crippen molar-refractivity contribution in [2.24, 2.45) is 5.73 Å². The molecule has 2 N–H and O–H groups in total. The highest BCUT2D eigenvalue weighted by Gasteiger charge is 2.35. The number of primary amides is 1. The smallest absolute Gasteiger partial charge is 0.420 e. The first kappa shape index (κ1) is 15.3. The van der Waals surface area contributed by atoms with Gasteiger partial charge in [0.1, 0.15) is 5.75 Å². The summed E-state index contributed by atoms with van der Waals surface area (Å²) in [7, 11) is 0. The third-order valence-corrected chi connectivity index (χ3v) is 3.10. The number of hydrogen-bond acceptors (Lipinski definition) is 3. The lowest BCUT2D eigenvalue weighted by Gasteiger charge is -2.14. The number of nitrogens with two attached hydrogens (primary N) is 1. The fourth-order valence-corrected chi connectivity index (χ4v) is 1.88. The van der Waals surface area contributed by atoms with E-state index in [2.05, 4.69) is 20.9 Å². The highest BCUT2D eigenvalue weighted by Crippen LogP contribution is 2.39. The van der Waals surface area contributed by atoms with Gasteiger partial charge >= 0.3 is 6.18 Å². The lowest BCUT2D eigenvalue weighted by molar-refractivity contribution is -0.138. The van der Waals surface area contributed by atoms with E-state index in [4.69, 9.17) is 10.5 Å². The Morgan fingerprint density at radius 1 is 1.29 bits per heavy atom. The molecule has 2 aromatic rings. The van der Waals surface area contributed by atoms with Crippen molar-refractivity contribution in [1.29, 1.82) is 0 Å². The monoisotopic (exact) mass is 360 g/mol. The molecule has 0 aliphatic carbocycles. The normalized spacial score (nSPS) is 11.2. The Kier molecular flexibility index (Phi) is 4.17. The summed E-state index contributed by atoms with van der Waals surface area (Å²) in [5.74, 6) is -1.44. The first-order valence-corrected chi connectivity index (χ1v) is 6.38. The molecule has 8 heteroatoms. The van der Waals surface area contributed by atoms with Gasteiger partial charge in [-0.25, -0.2) is 4.98 Å². The zero-order valence-corrected chi connectivity index (χ0v) is 11.9. The number of benzene rings is 1. The van der Waals surface area contributed by atoms with Gasteiger partial charge in [0.15, 0.2) is 0 Å². The molecule has 110 valence electrons. The fourth-order valence-electron chi connectivity index (χ4n) is 1.54. The predicted octanol–water partition coefficient (Wildman–Crippen LogP) is 3.75. The van der Waals surface area contributed by atoms with Crippen molar-refractivity contribution in [2.45, 2.75) is 6.18 Å². The summed E-state index contributed by atoms with van der Waals surface area (Å²) in [6, 6.07) is 6.01. The first-order valence-electron chi connectivity index (χ1n) is 5.58. The van der Waals surface area contributed by atoms with Crippen LogP contribution in [-0.2, 0) is 6.18 Å². The van der Waals surface area contributed by atoms with Crippen LogP contribution in [0.2, 0.25) is 0 Å². The number of carbonyl (C=O) groups excluding carboxylic acids is 1. The van der Waals surface area contributed by atoms with E-state index in [0.717, 1.165) is 12.1 Å². The topological polar surface area (TPSA) is 65.2 Å². The van der Waals surface area contributed by atoms with Crippen LogP contribution in [-0.4, -0.2) is 10.9 Å². The van der Waals surface area contributed by atoms with Gasteiger partial charge in [-0.1, -0.05) is 0 Å². The minimum Gasteiger partial charge on any atom is -0.437 e. The van der Waals surface area contributed by atoms with Crippen molar-refractivity contribution in [3.05, 3.63) is 52.1 Å². The minimum absolute atomic E-state index is 0.0187. The molecule has 0 atom stereocenters. The van der Waals surface area contributed by atoms with Gasteiger partial charge in [0.2, 0.25) is 11.8 Å². The summed E-state index contributed by atoms with van der Waals surface area (Å²) in [4.78, 5) is 14.8. The molecule has 1 amide bonds. The molecule has 0 saturated carbocycles. The van der Waals surface area contributed by atoms with Crippen LogP contribution in [0.5, 0.6) is 11.6 Å². The van der Waals surface area contributed by atoms with E-state index in [9.17, 15) is 18.0 Å². The summed E-state index contributed by atoms with van der Waals surface area (Å²) in [6.45, 7) is 0. The van der Waals surface area contributed by atoms with Crippen LogP contribution in [0.3, 0.4) is 0 Å². The molecule has 0 saturated heterocycles. The summed E-state index contributed by atoms with van der Waals surface area (Å²) >= 11 is 3.12. The Morgan fingerprint density at radius 3 is 2.57 bits per heavy atom. The second kappa shape index (κ2) is 5.72. The van der Waals surface area contributed by atoms with Gasteiger partial charge in [-0.2, -0.15) is 13.2 Å². The molecule has 21 heavy (non-hydrogen) atoms. The maximum Gasteiger partial charge on any atom is 0.420 e. The molecule has 1 aromatic carbocycles. The summed E-state index contributed by atoms with van der Waals surface area (Å²) in [5, 5.41) is 0. The zero-order valence-electron chi connectivity index (χ0n) is 10.3. The van der Waals surface area contributed by atoms with Crippen LogP contribution < -0.4 is 10.5 Å². The number of alkyl halides is 3. The third-order valence-electron chi connectivity index (χ3n) is 2.50. The average Bonchev–Trinajstić information content (AvgIpc) is 2.40. The van der Waals surface area contributed by atoms with E-state index in [1.807, 2.05) is 0 Å². The van der Waals surface area contributed by atoms with Crippen LogP contribution in [0, 0.1) is 0 Å². The van der Waals surface area contributed by atoms with Crippen LogP contribution in [0.4, 0.5) is 13.2 Å². The van der Waals surface area contributed by atoms with Crippen molar-refractivity contribution in [3.63, 3.8) is 0 Å². The molecule has 0 fully saturated rings. The second-order valence-electron chi connectivity index (χ2n) is 3.97. The molecule has 0 aliphatic rings. The van der Waals surface area contributed by atoms with Crippen LogP contribution in [0.25, 0.3) is 0 Å². The Labute approximate surface area is 125 Å². The van der Waals surface area contributed by atoms with Crippen molar-refractivity contribution in [3.8, 4) is 11.6 Å². The minimum atomic E-state index is -4.69. The number of carbonyl (C=O) groups is 1. The van der Waals surface area contributed by atoms with Crippen molar-refractivity contribution < 1.29 is 22.7 Å². The van der Waals surface area contributed by atoms with E-state index < -0.39 is 23.4 Å². The summed E-state index contributed by atoms with van der Waals surface area (Å²) < 4.78 is 44.7. The highest BCUT2D eigenvalue weighted by molar-refractivity contribution is 9.10. The Hall–Kier alpha value is -2.09. The van der Waals surface area contributed by atoms with Gasteiger partial charge in [0, 0.05) is 11.8 Å². The molecule has 0 aliphatic heterocycles. The molecular formula is C13H8BrF3N2O2. The molecule has 1 heterocycles. The molecule has 0 radical (unpaired) electrons. The zero-order chi connectivity index (χ0) is 15.6. The average molecular weight is 361 g/mol. The number of halogens is 4. The lowest BCUT2D eigenvalue weighted by Crippen LogP contribution is -2.14. The molecule has 1 aromatic heterocycles. The van der Waals surface area contributed by atoms with Crippen molar-refractivity contribution in [1.82, 2.24) is 4.98 Å². The molecule has 0 spiro atoms. The number of ether oxygens (including phenoxy) is 1. The van der Waals surface area contributed by atoms with Crippen molar-refractivity contribution in [2.75, 3.05) is 0 Å². The Balaban J connectivity index is 2.48. The maximum absolute atomic E-state index is 13.0. The number of pyridine rings is 1. The van der Waals surface area contributed by atoms with Gasteiger partial charge in [-0.15, -0.1) is 0 Å². The quantitative estimate of drug-likeness (QED) is 0.906. The first-order chi connectivity index (χ1) is 9.79. The number of rotatable bonds is 3. The predicted molar refractivity (Wildman–Crippen MR) is 72.0 cm³/mol. The summed E-state index contributed by atoms with van der Waals surface area (Å²) in [5.41, 5.74) is 3.63.